The molecule has 2 heterocycles. The van der Waals surface area contributed by atoms with Crippen molar-refractivity contribution < 1.29 is 9.21 Å². The zero-order valence-electron chi connectivity index (χ0n) is 23.3. The van der Waals surface area contributed by atoms with E-state index >= 15 is 0 Å². The Balaban J connectivity index is 1.24. The van der Waals surface area contributed by atoms with Gasteiger partial charge in [0, 0.05) is 42.2 Å². The lowest BCUT2D eigenvalue weighted by Gasteiger charge is -2.29. The standard InChI is InChI=1S/C34H39ClN4O2/c35-28-15-13-27(14-16-28)33-18-17-30(41-33)23-37-22-29-19-21-39(34(40)32(38-29)12-7-20-36)24-31(25-8-3-1-4-9-25)26-10-5-2-6-11-26/h1-6,8-11,13-18,29,31-32,37-38H,7,12,19-24,36H2/t29-,32-/m0/s1. The summed E-state index contributed by atoms with van der Waals surface area (Å²) < 4.78 is 6.06. The molecule has 0 bridgehead atoms. The molecule has 0 spiro atoms. The molecule has 0 unspecified atom stereocenters. The molecule has 1 fully saturated rings. The summed E-state index contributed by atoms with van der Waals surface area (Å²) in [6.07, 6.45) is 2.40. The first-order chi connectivity index (χ1) is 20.1. The van der Waals surface area contributed by atoms with Crippen LogP contribution in [0.3, 0.4) is 0 Å². The number of nitrogens with two attached hydrogens (primary N) is 1. The zero-order valence-corrected chi connectivity index (χ0v) is 24.1. The minimum absolute atomic E-state index is 0.111. The summed E-state index contributed by atoms with van der Waals surface area (Å²) in [6.45, 7) is 3.26. The van der Waals surface area contributed by atoms with Gasteiger partial charge in [-0.05, 0) is 73.3 Å². The number of carbonyl (C=O) groups is 1. The molecule has 6 nitrogen and oxygen atoms in total. The molecule has 1 saturated heterocycles. The van der Waals surface area contributed by atoms with Gasteiger partial charge in [-0.1, -0.05) is 72.3 Å². The van der Waals surface area contributed by atoms with E-state index in [2.05, 4.69) is 64.1 Å². The quantitative estimate of drug-likeness (QED) is 0.200. The number of nitrogens with zero attached hydrogens (tertiary/aromatic N) is 1. The first-order valence-electron chi connectivity index (χ1n) is 14.5. The average Bonchev–Trinajstić information content (AvgIpc) is 3.43. The van der Waals surface area contributed by atoms with E-state index in [-0.39, 0.29) is 23.9 Å². The lowest BCUT2D eigenvalue weighted by atomic mass is 9.90. The molecule has 41 heavy (non-hydrogen) atoms. The second-order valence-corrected chi connectivity index (χ2v) is 11.1. The van der Waals surface area contributed by atoms with Gasteiger partial charge in [-0.15, -0.1) is 0 Å². The molecule has 214 valence electrons. The van der Waals surface area contributed by atoms with Crippen LogP contribution in [0.4, 0.5) is 0 Å². The third-order valence-electron chi connectivity index (χ3n) is 7.78. The molecule has 5 rings (SSSR count). The van der Waals surface area contributed by atoms with Crippen LogP contribution in [0.15, 0.2) is 101 Å². The highest BCUT2D eigenvalue weighted by Crippen LogP contribution is 2.27. The Morgan fingerprint density at radius 1 is 0.951 bits per heavy atom. The number of benzene rings is 3. The SMILES string of the molecule is NCCC[C@@H]1N[C@H](CNCc2ccc(-c3ccc(Cl)cc3)o2)CCN(CC(c2ccccc2)c2ccccc2)C1=O. The molecule has 0 saturated carbocycles. The number of furan rings is 1. The van der Waals surface area contributed by atoms with Crippen molar-refractivity contribution in [3.63, 3.8) is 0 Å². The summed E-state index contributed by atoms with van der Waals surface area (Å²) in [5.41, 5.74) is 9.28. The van der Waals surface area contributed by atoms with Crippen LogP contribution < -0.4 is 16.4 Å². The number of rotatable bonds is 12. The van der Waals surface area contributed by atoms with E-state index in [0.717, 1.165) is 42.9 Å². The monoisotopic (exact) mass is 570 g/mol. The van der Waals surface area contributed by atoms with Crippen LogP contribution in [0.5, 0.6) is 0 Å². The van der Waals surface area contributed by atoms with Gasteiger partial charge < -0.3 is 25.7 Å². The van der Waals surface area contributed by atoms with Crippen LogP contribution in [0.25, 0.3) is 11.3 Å². The van der Waals surface area contributed by atoms with Crippen LogP contribution in [0, 0.1) is 0 Å². The highest BCUT2D eigenvalue weighted by Gasteiger charge is 2.32. The maximum absolute atomic E-state index is 13.8. The summed E-state index contributed by atoms with van der Waals surface area (Å²) in [5.74, 6) is 1.96. The van der Waals surface area contributed by atoms with Crippen molar-refractivity contribution >= 4 is 17.5 Å². The highest BCUT2D eigenvalue weighted by molar-refractivity contribution is 6.30. The smallest absolute Gasteiger partial charge is 0.239 e. The predicted molar refractivity (Wildman–Crippen MR) is 166 cm³/mol. The summed E-state index contributed by atoms with van der Waals surface area (Å²) in [7, 11) is 0. The number of nitrogens with one attached hydrogen (secondary N) is 2. The van der Waals surface area contributed by atoms with E-state index in [1.807, 2.05) is 48.5 Å². The van der Waals surface area contributed by atoms with E-state index < -0.39 is 0 Å². The fraction of sp³-hybridized carbons (Fsp3) is 0.324. The van der Waals surface area contributed by atoms with Crippen molar-refractivity contribution in [3.8, 4) is 11.3 Å². The predicted octanol–water partition coefficient (Wildman–Crippen LogP) is 5.82. The summed E-state index contributed by atoms with van der Waals surface area (Å²) in [5, 5.41) is 7.90. The third kappa shape index (κ3) is 7.86. The molecule has 1 amide bonds. The van der Waals surface area contributed by atoms with E-state index in [1.54, 1.807) is 0 Å². The third-order valence-corrected chi connectivity index (χ3v) is 8.03. The maximum atomic E-state index is 13.8. The van der Waals surface area contributed by atoms with Crippen LogP contribution in [0.2, 0.25) is 5.02 Å². The van der Waals surface area contributed by atoms with Gasteiger partial charge in [0.05, 0.1) is 12.6 Å². The number of amides is 1. The van der Waals surface area contributed by atoms with E-state index in [1.165, 1.54) is 11.1 Å². The van der Waals surface area contributed by atoms with Crippen molar-refractivity contribution in [2.75, 3.05) is 26.2 Å². The number of halogens is 1. The topological polar surface area (TPSA) is 83.5 Å². The van der Waals surface area contributed by atoms with E-state index in [0.29, 0.717) is 31.2 Å². The molecule has 3 aromatic carbocycles. The second-order valence-electron chi connectivity index (χ2n) is 10.7. The Morgan fingerprint density at radius 3 is 2.29 bits per heavy atom. The minimum atomic E-state index is -0.250. The number of carbonyl (C=O) groups excluding carboxylic acids is 1. The first kappa shape index (κ1) is 29.1. The van der Waals surface area contributed by atoms with Crippen molar-refractivity contribution in [3.05, 3.63) is 119 Å². The van der Waals surface area contributed by atoms with Gasteiger partial charge in [0.2, 0.25) is 5.91 Å². The van der Waals surface area contributed by atoms with Crippen LogP contribution >= 0.6 is 11.6 Å². The second kappa shape index (κ2) is 14.5. The van der Waals surface area contributed by atoms with Crippen LogP contribution in [0.1, 0.15) is 42.1 Å². The minimum Gasteiger partial charge on any atom is -0.460 e. The van der Waals surface area contributed by atoms with Crippen LogP contribution in [-0.4, -0.2) is 49.1 Å². The molecule has 4 aromatic rings. The van der Waals surface area contributed by atoms with E-state index in [4.69, 9.17) is 21.8 Å². The summed E-state index contributed by atoms with van der Waals surface area (Å²) >= 11 is 6.02. The largest absolute Gasteiger partial charge is 0.460 e. The van der Waals surface area contributed by atoms with Crippen LogP contribution in [-0.2, 0) is 11.3 Å². The Bertz CT molecular complexity index is 1320. The molecule has 7 heteroatoms. The normalized spacial score (nSPS) is 17.6. The summed E-state index contributed by atoms with van der Waals surface area (Å²) in [4.78, 5) is 15.9. The Hall–Kier alpha value is -3.42. The van der Waals surface area contributed by atoms with Crippen molar-refractivity contribution in [2.24, 2.45) is 5.73 Å². The van der Waals surface area contributed by atoms with E-state index in [9.17, 15) is 4.79 Å². The lowest BCUT2D eigenvalue weighted by Crippen LogP contribution is -2.48. The van der Waals surface area contributed by atoms with Gasteiger partial charge in [0.15, 0.2) is 0 Å². The number of hydrogen-bond acceptors (Lipinski definition) is 5. The Kier molecular flexibility index (Phi) is 10.3. The number of hydrogen-bond donors (Lipinski definition) is 3. The van der Waals surface area contributed by atoms with Crippen molar-refractivity contribution in [2.45, 2.75) is 43.8 Å². The van der Waals surface area contributed by atoms with Gasteiger partial charge >= 0.3 is 0 Å². The molecule has 0 radical (unpaired) electrons. The van der Waals surface area contributed by atoms with Gasteiger partial charge in [-0.3, -0.25) is 4.79 Å². The molecular formula is C34H39ClN4O2. The van der Waals surface area contributed by atoms with Gasteiger partial charge in [0.1, 0.15) is 11.5 Å². The van der Waals surface area contributed by atoms with Gasteiger partial charge in [0.25, 0.3) is 0 Å². The first-order valence-corrected chi connectivity index (χ1v) is 14.9. The highest BCUT2D eigenvalue weighted by atomic mass is 35.5. The molecular weight excluding hydrogens is 532 g/mol. The Labute approximate surface area is 247 Å². The molecule has 1 aliphatic rings. The average molecular weight is 571 g/mol. The molecule has 1 aromatic heterocycles. The lowest BCUT2D eigenvalue weighted by molar-refractivity contribution is -0.133. The van der Waals surface area contributed by atoms with Gasteiger partial charge in [-0.25, -0.2) is 0 Å². The molecule has 0 aliphatic carbocycles. The fourth-order valence-corrected chi connectivity index (χ4v) is 5.68. The maximum Gasteiger partial charge on any atom is 0.239 e. The molecule has 1 aliphatic heterocycles. The zero-order chi connectivity index (χ0) is 28.4. The fourth-order valence-electron chi connectivity index (χ4n) is 5.56. The van der Waals surface area contributed by atoms with Gasteiger partial charge in [-0.2, -0.15) is 0 Å². The van der Waals surface area contributed by atoms with Crippen molar-refractivity contribution in [1.29, 1.82) is 0 Å². The molecule has 2 atom stereocenters. The summed E-state index contributed by atoms with van der Waals surface area (Å²) in [6, 6.07) is 32.5. The molecule has 4 N–H and O–H groups in total. The Morgan fingerprint density at radius 2 is 1.63 bits per heavy atom. The van der Waals surface area contributed by atoms with Crippen molar-refractivity contribution in [1.82, 2.24) is 15.5 Å².